The quantitative estimate of drug-likeness (QED) is 0.550. The van der Waals surface area contributed by atoms with E-state index in [1.165, 1.54) is 12.8 Å². The number of hydrogen-bond acceptors (Lipinski definition) is 3. The van der Waals surface area contributed by atoms with Crippen LogP contribution in [0.1, 0.15) is 44.2 Å². The Bertz CT molecular complexity index is 311. The normalized spacial score (nSPS) is 10.5. The van der Waals surface area contributed by atoms with E-state index in [9.17, 15) is 4.79 Å². The van der Waals surface area contributed by atoms with E-state index in [1.807, 2.05) is 0 Å². The second kappa shape index (κ2) is 9.65. The predicted octanol–water partition coefficient (Wildman–Crippen LogP) is 1.37. The van der Waals surface area contributed by atoms with Crippen molar-refractivity contribution in [2.45, 2.75) is 44.9 Å². The minimum Gasteiger partial charge on any atom is -0.356 e. The summed E-state index contributed by atoms with van der Waals surface area (Å²) in [5, 5.41) is 2.92. The molecule has 0 radical (unpaired) electrons. The van der Waals surface area contributed by atoms with Crippen LogP contribution < -0.4 is 11.1 Å². The van der Waals surface area contributed by atoms with Crippen molar-refractivity contribution in [3.63, 3.8) is 0 Å². The SMILES string of the molecule is NCCCCCCCC(=O)NCCc1cnc[nH]1. The minimum atomic E-state index is 0.147. The first-order chi connectivity index (χ1) is 8.83. The smallest absolute Gasteiger partial charge is 0.220 e. The largest absolute Gasteiger partial charge is 0.356 e. The summed E-state index contributed by atoms with van der Waals surface area (Å²) in [7, 11) is 0. The number of imidazole rings is 1. The van der Waals surface area contributed by atoms with Gasteiger partial charge in [0.05, 0.1) is 6.33 Å². The van der Waals surface area contributed by atoms with E-state index in [4.69, 9.17) is 5.73 Å². The fraction of sp³-hybridized carbons (Fsp3) is 0.692. The van der Waals surface area contributed by atoms with Crippen molar-refractivity contribution >= 4 is 5.91 Å². The van der Waals surface area contributed by atoms with Crippen LogP contribution in [0, 0.1) is 0 Å². The summed E-state index contributed by atoms with van der Waals surface area (Å²) >= 11 is 0. The molecule has 5 nitrogen and oxygen atoms in total. The average Bonchev–Trinajstić information content (AvgIpc) is 2.87. The molecule has 0 spiro atoms. The lowest BCUT2D eigenvalue weighted by Crippen LogP contribution is -2.25. The maximum Gasteiger partial charge on any atom is 0.220 e. The number of aromatic amines is 1. The third kappa shape index (κ3) is 7.06. The number of nitrogens with zero attached hydrogens (tertiary/aromatic N) is 1. The Labute approximate surface area is 109 Å². The van der Waals surface area contributed by atoms with Crippen molar-refractivity contribution in [1.82, 2.24) is 15.3 Å². The Balaban J connectivity index is 1.91. The highest BCUT2D eigenvalue weighted by Crippen LogP contribution is 2.04. The van der Waals surface area contributed by atoms with E-state index < -0.39 is 0 Å². The van der Waals surface area contributed by atoms with E-state index in [0.717, 1.165) is 37.9 Å². The monoisotopic (exact) mass is 252 g/mol. The molecular weight excluding hydrogens is 228 g/mol. The van der Waals surface area contributed by atoms with Gasteiger partial charge in [-0.3, -0.25) is 4.79 Å². The number of rotatable bonds is 10. The van der Waals surface area contributed by atoms with Gasteiger partial charge >= 0.3 is 0 Å². The summed E-state index contributed by atoms with van der Waals surface area (Å²) in [6.45, 7) is 1.45. The van der Waals surface area contributed by atoms with Gasteiger partial charge in [0.25, 0.3) is 0 Å². The summed E-state index contributed by atoms with van der Waals surface area (Å²) < 4.78 is 0. The number of hydrogen-bond donors (Lipinski definition) is 3. The Morgan fingerprint density at radius 1 is 1.28 bits per heavy atom. The van der Waals surface area contributed by atoms with Crippen LogP contribution in [0.5, 0.6) is 0 Å². The highest BCUT2D eigenvalue weighted by atomic mass is 16.1. The van der Waals surface area contributed by atoms with Gasteiger partial charge < -0.3 is 16.0 Å². The van der Waals surface area contributed by atoms with Crippen molar-refractivity contribution < 1.29 is 4.79 Å². The fourth-order valence-electron chi connectivity index (χ4n) is 1.81. The molecule has 102 valence electrons. The minimum absolute atomic E-state index is 0.147. The zero-order valence-electron chi connectivity index (χ0n) is 11.0. The van der Waals surface area contributed by atoms with Gasteiger partial charge in [0, 0.05) is 31.3 Å². The lowest BCUT2D eigenvalue weighted by molar-refractivity contribution is -0.121. The van der Waals surface area contributed by atoms with E-state index in [1.54, 1.807) is 12.5 Å². The van der Waals surface area contributed by atoms with Crippen LogP contribution in [-0.2, 0) is 11.2 Å². The second-order valence-electron chi connectivity index (χ2n) is 4.48. The summed E-state index contributed by atoms with van der Waals surface area (Å²) in [5.74, 6) is 0.147. The number of nitrogens with two attached hydrogens (primary N) is 1. The van der Waals surface area contributed by atoms with E-state index in [-0.39, 0.29) is 5.91 Å². The van der Waals surface area contributed by atoms with Crippen LogP contribution in [0.25, 0.3) is 0 Å². The molecule has 0 saturated carbocycles. The van der Waals surface area contributed by atoms with Crippen molar-refractivity contribution in [2.24, 2.45) is 5.73 Å². The highest BCUT2D eigenvalue weighted by molar-refractivity contribution is 5.75. The third-order valence-electron chi connectivity index (χ3n) is 2.88. The van der Waals surface area contributed by atoms with Crippen LogP contribution in [0.15, 0.2) is 12.5 Å². The van der Waals surface area contributed by atoms with E-state index in [2.05, 4.69) is 15.3 Å². The maximum absolute atomic E-state index is 11.5. The number of carbonyl (C=O) groups excluding carboxylic acids is 1. The molecule has 5 heteroatoms. The summed E-state index contributed by atoms with van der Waals surface area (Å²) in [6.07, 6.45) is 10.4. The first-order valence-corrected chi connectivity index (χ1v) is 6.77. The Morgan fingerprint density at radius 3 is 2.78 bits per heavy atom. The van der Waals surface area contributed by atoms with Gasteiger partial charge in [-0.1, -0.05) is 19.3 Å². The molecule has 0 aliphatic heterocycles. The molecule has 1 aromatic heterocycles. The number of carbonyl (C=O) groups is 1. The number of aromatic nitrogens is 2. The van der Waals surface area contributed by atoms with Gasteiger partial charge in [-0.15, -0.1) is 0 Å². The zero-order chi connectivity index (χ0) is 13.1. The lowest BCUT2D eigenvalue weighted by atomic mass is 10.1. The fourth-order valence-corrected chi connectivity index (χ4v) is 1.81. The summed E-state index contributed by atoms with van der Waals surface area (Å²) in [4.78, 5) is 18.4. The molecule has 1 heterocycles. The van der Waals surface area contributed by atoms with Crippen LogP contribution in [-0.4, -0.2) is 29.0 Å². The van der Waals surface area contributed by atoms with Crippen LogP contribution in [0.2, 0.25) is 0 Å². The molecule has 0 aliphatic carbocycles. The Kier molecular flexibility index (Phi) is 7.88. The predicted molar refractivity (Wildman–Crippen MR) is 72.1 cm³/mol. The second-order valence-corrected chi connectivity index (χ2v) is 4.48. The number of unbranched alkanes of at least 4 members (excludes halogenated alkanes) is 4. The number of nitrogens with one attached hydrogen (secondary N) is 2. The molecule has 0 fully saturated rings. The molecule has 0 unspecified atom stereocenters. The Morgan fingerprint density at radius 2 is 2.06 bits per heavy atom. The summed E-state index contributed by atoms with van der Waals surface area (Å²) in [5.41, 5.74) is 6.47. The summed E-state index contributed by atoms with van der Waals surface area (Å²) in [6, 6.07) is 0. The molecule has 0 saturated heterocycles. The molecule has 0 aliphatic rings. The van der Waals surface area contributed by atoms with Crippen molar-refractivity contribution in [1.29, 1.82) is 0 Å². The van der Waals surface area contributed by atoms with Crippen molar-refractivity contribution in [3.8, 4) is 0 Å². The Hall–Kier alpha value is -1.36. The molecule has 4 N–H and O–H groups in total. The molecule has 1 aromatic rings. The third-order valence-corrected chi connectivity index (χ3v) is 2.88. The zero-order valence-corrected chi connectivity index (χ0v) is 11.0. The molecule has 1 amide bonds. The van der Waals surface area contributed by atoms with Gasteiger partial charge in [0.15, 0.2) is 0 Å². The topological polar surface area (TPSA) is 83.8 Å². The average molecular weight is 252 g/mol. The molecular formula is C13H24N4O. The first-order valence-electron chi connectivity index (χ1n) is 6.77. The van der Waals surface area contributed by atoms with Crippen molar-refractivity contribution in [2.75, 3.05) is 13.1 Å². The number of amides is 1. The van der Waals surface area contributed by atoms with Crippen LogP contribution in [0.3, 0.4) is 0 Å². The standard InChI is InChI=1S/C13H24N4O/c14-8-5-3-1-2-4-6-13(18)16-9-7-12-10-15-11-17-12/h10-11H,1-9,14H2,(H,15,17)(H,16,18). The van der Waals surface area contributed by atoms with Gasteiger partial charge in [0.1, 0.15) is 0 Å². The van der Waals surface area contributed by atoms with Gasteiger partial charge in [0.2, 0.25) is 5.91 Å². The van der Waals surface area contributed by atoms with Crippen molar-refractivity contribution in [3.05, 3.63) is 18.2 Å². The molecule has 0 bridgehead atoms. The van der Waals surface area contributed by atoms with Crippen LogP contribution >= 0.6 is 0 Å². The molecule has 18 heavy (non-hydrogen) atoms. The first kappa shape index (κ1) is 14.7. The number of H-pyrrole nitrogens is 1. The van der Waals surface area contributed by atoms with Gasteiger partial charge in [-0.25, -0.2) is 4.98 Å². The molecule has 0 atom stereocenters. The van der Waals surface area contributed by atoms with Crippen LogP contribution in [0.4, 0.5) is 0 Å². The van der Waals surface area contributed by atoms with Gasteiger partial charge in [-0.2, -0.15) is 0 Å². The van der Waals surface area contributed by atoms with Gasteiger partial charge in [-0.05, 0) is 19.4 Å². The van der Waals surface area contributed by atoms with E-state index >= 15 is 0 Å². The lowest BCUT2D eigenvalue weighted by Gasteiger charge is -2.04. The molecule has 0 aromatic carbocycles. The molecule has 1 rings (SSSR count). The maximum atomic E-state index is 11.5. The highest BCUT2D eigenvalue weighted by Gasteiger charge is 2.01. The van der Waals surface area contributed by atoms with E-state index in [0.29, 0.717) is 13.0 Å².